The largest absolute Gasteiger partial charge is 0.340 e. The van der Waals surface area contributed by atoms with E-state index in [1.54, 1.807) is 11.3 Å². The van der Waals surface area contributed by atoms with E-state index >= 15 is 0 Å². The van der Waals surface area contributed by atoms with Crippen LogP contribution in [0.4, 0.5) is 0 Å². The zero-order chi connectivity index (χ0) is 13.1. The van der Waals surface area contributed by atoms with Crippen LogP contribution < -0.4 is 5.32 Å². The molecule has 0 unspecified atom stereocenters. The molecule has 0 spiro atoms. The summed E-state index contributed by atoms with van der Waals surface area (Å²) in [5.74, 6) is 0.453. The molecule has 1 aromatic rings. The summed E-state index contributed by atoms with van der Waals surface area (Å²) < 4.78 is 0. The number of carbonyl (C=O) groups is 1. The van der Waals surface area contributed by atoms with Crippen molar-refractivity contribution >= 4 is 17.2 Å². The Morgan fingerprint density at radius 3 is 3.06 bits per heavy atom. The quantitative estimate of drug-likeness (QED) is 0.908. The lowest BCUT2D eigenvalue weighted by molar-refractivity contribution is -0.135. The van der Waals surface area contributed by atoms with Crippen LogP contribution in [0.3, 0.4) is 0 Å². The average molecular weight is 267 g/mol. The summed E-state index contributed by atoms with van der Waals surface area (Å²) in [7, 11) is 1.89. The molecule has 1 fully saturated rings. The average Bonchev–Trinajstić information content (AvgIpc) is 2.73. The molecule has 2 atom stereocenters. The van der Waals surface area contributed by atoms with Gasteiger partial charge in [-0.1, -0.05) is 0 Å². The third-order valence-corrected chi connectivity index (χ3v) is 4.31. The number of hydrogen-bond donors (Lipinski definition) is 1. The Balaban J connectivity index is 1.91. The van der Waals surface area contributed by atoms with Crippen LogP contribution in [0.25, 0.3) is 0 Å². The molecule has 1 aliphatic heterocycles. The molecule has 18 heavy (non-hydrogen) atoms. The highest BCUT2D eigenvalue weighted by molar-refractivity contribution is 7.11. The highest BCUT2D eigenvalue weighted by Gasteiger charge is 2.27. The Morgan fingerprint density at radius 2 is 2.44 bits per heavy atom. The Morgan fingerprint density at radius 1 is 1.67 bits per heavy atom. The third kappa shape index (κ3) is 3.29. The van der Waals surface area contributed by atoms with Gasteiger partial charge in [-0.25, -0.2) is 4.98 Å². The molecule has 1 aliphatic rings. The predicted molar refractivity (Wildman–Crippen MR) is 73.5 cm³/mol. The van der Waals surface area contributed by atoms with Gasteiger partial charge in [0.1, 0.15) is 0 Å². The predicted octanol–water partition coefficient (Wildman–Crippen LogP) is 1.80. The van der Waals surface area contributed by atoms with Crippen molar-refractivity contribution in [2.75, 3.05) is 13.6 Å². The Bertz CT molecular complexity index is 418. The summed E-state index contributed by atoms with van der Waals surface area (Å²) in [6.07, 6.45) is 3.77. The van der Waals surface area contributed by atoms with Gasteiger partial charge in [-0.3, -0.25) is 4.79 Å². The first kappa shape index (κ1) is 13.5. The minimum Gasteiger partial charge on any atom is -0.340 e. The molecule has 0 radical (unpaired) electrons. The number of aryl methyl sites for hydroxylation is 1. The van der Waals surface area contributed by atoms with Crippen LogP contribution >= 0.6 is 11.3 Å². The van der Waals surface area contributed by atoms with E-state index in [-0.39, 0.29) is 11.8 Å². The lowest BCUT2D eigenvalue weighted by Gasteiger charge is -2.30. The van der Waals surface area contributed by atoms with Crippen LogP contribution in [-0.4, -0.2) is 35.4 Å². The molecule has 0 bridgehead atoms. The number of nitrogens with zero attached hydrogens (tertiary/aromatic N) is 2. The summed E-state index contributed by atoms with van der Waals surface area (Å²) >= 11 is 1.66. The molecule has 1 aromatic heterocycles. The van der Waals surface area contributed by atoms with Gasteiger partial charge in [-0.05, 0) is 33.2 Å². The summed E-state index contributed by atoms with van der Waals surface area (Å²) in [4.78, 5) is 19.6. The highest BCUT2D eigenvalue weighted by atomic mass is 32.1. The minimum absolute atomic E-state index is 0.181. The second-order valence-corrected chi connectivity index (χ2v) is 6.44. The van der Waals surface area contributed by atoms with Crippen molar-refractivity contribution in [1.29, 1.82) is 0 Å². The van der Waals surface area contributed by atoms with Crippen molar-refractivity contribution in [2.24, 2.45) is 5.92 Å². The van der Waals surface area contributed by atoms with Crippen molar-refractivity contribution in [2.45, 2.75) is 39.3 Å². The maximum absolute atomic E-state index is 12.3. The molecule has 1 amide bonds. The Kier molecular flexibility index (Phi) is 4.35. The molecule has 1 N–H and O–H groups in total. The number of amides is 1. The molecule has 4 nitrogen and oxygen atoms in total. The first-order valence-electron chi connectivity index (χ1n) is 6.46. The fraction of sp³-hybridized carbons (Fsp3) is 0.692. The van der Waals surface area contributed by atoms with Gasteiger partial charge >= 0.3 is 0 Å². The van der Waals surface area contributed by atoms with Crippen LogP contribution in [0.2, 0.25) is 0 Å². The van der Waals surface area contributed by atoms with E-state index in [2.05, 4.69) is 17.2 Å². The monoisotopic (exact) mass is 267 g/mol. The molecule has 100 valence electrons. The van der Waals surface area contributed by atoms with Crippen LogP contribution in [-0.2, 0) is 11.3 Å². The van der Waals surface area contributed by atoms with Crippen LogP contribution in [0, 0.1) is 12.8 Å². The van der Waals surface area contributed by atoms with E-state index in [0.29, 0.717) is 12.6 Å². The smallest absolute Gasteiger partial charge is 0.225 e. The third-order valence-electron chi connectivity index (χ3n) is 3.41. The molecule has 2 heterocycles. The molecule has 5 heteroatoms. The minimum atomic E-state index is 0.181. The van der Waals surface area contributed by atoms with Crippen LogP contribution in [0.1, 0.15) is 29.7 Å². The number of nitrogens with one attached hydrogen (secondary N) is 1. The maximum atomic E-state index is 12.3. The summed E-state index contributed by atoms with van der Waals surface area (Å²) in [5, 5.41) is 4.44. The SMILES string of the molecule is Cc1ncc(CN(C)C(=O)[C@H]2CCN[C@@H](C)C2)s1. The Labute approximate surface area is 112 Å². The van der Waals surface area contributed by atoms with Gasteiger partial charge in [-0.15, -0.1) is 11.3 Å². The molecule has 0 saturated carbocycles. The van der Waals surface area contributed by atoms with Crippen LogP contribution in [0.5, 0.6) is 0 Å². The molecular formula is C13H21N3OS. The van der Waals surface area contributed by atoms with Gasteiger partial charge < -0.3 is 10.2 Å². The first-order valence-corrected chi connectivity index (χ1v) is 7.27. The number of carbonyl (C=O) groups excluding carboxylic acids is 1. The fourth-order valence-corrected chi connectivity index (χ4v) is 3.31. The maximum Gasteiger partial charge on any atom is 0.225 e. The topological polar surface area (TPSA) is 45.2 Å². The van der Waals surface area contributed by atoms with Gasteiger partial charge in [-0.2, -0.15) is 0 Å². The van der Waals surface area contributed by atoms with Gasteiger partial charge in [0.05, 0.1) is 11.6 Å². The number of rotatable bonds is 3. The summed E-state index contributed by atoms with van der Waals surface area (Å²) in [6.45, 7) is 5.77. The first-order chi connectivity index (χ1) is 8.56. The van der Waals surface area contributed by atoms with Gasteiger partial charge in [0, 0.05) is 30.1 Å². The van der Waals surface area contributed by atoms with Crippen molar-refractivity contribution < 1.29 is 4.79 Å². The Hall–Kier alpha value is -0.940. The number of piperidine rings is 1. The number of thiazole rings is 1. The second kappa shape index (κ2) is 5.80. The zero-order valence-corrected chi connectivity index (χ0v) is 12.1. The lowest BCUT2D eigenvalue weighted by atomic mass is 9.92. The number of hydrogen-bond acceptors (Lipinski definition) is 4. The molecular weight excluding hydrogens is 246 g/mol. The van der Waals surface area contributed by atoms with E-state index in [1.165, 1.54) is 0 Å². The molecule has 0 aliphatic carbocycles. The van der Waals surface area contributed by atoms with Crippen molar-refractivity contribution in [1.82, 2.24) is 15.2 Å². The van der Waals surface area contributed by atoms with Gasteiger partial charge in [0.2, 0.25) is 5.91 Å². The molecule has 1 saturated heterocycles. The molecule has 0 aromatic carbocycles. The van der Waals surface area contributed by atoms with Gasteiger partial charge in [0.25, 0.3) is 0 Å². The highest BCUT2D eigenvalue weighted by Crippen LogP contribution is 2.20. The van der Waals surface area contributed by atoms with Crippen LogP contribution in [0.15, 0.2) is 6.20 Å². The van der Waals surface area contributed by atoms with E-state index in [4.69, 9.17) is 0 Å². The second-order valence-electron chi connectivity index (χ2n) is 5.12. The van der Waals surface area contributed by atoms with Crippen molar-refractivity contribution in [3.8, 4) is 0 Å². The zero-order valence-electron chi connectivity index (χ0n) is 11.3. The summed E-state index contributed by atoms with van der Waals surface area (Å²) in [6, 6.07) is 0.451. The lowest BCUT2D eigenvalue weighted by Crippen LogP contribution is -2.42. The van der Waals surface area contributed by atoms with E-state index in [9.17, 15) is 4.79 Å². The standard InChI is InChI=1S/C13H21N3OS/c1-9-6-11(4-5-14-9)13(17)16(3)8-12-7-15-10(2)18-12/h7,9,11,14H,4-6,8H2,1-3H3/t9-,11-/m0/s1. The van der Waals surface area contributed by atoms with E-state index in [0.717, 1.165) is 29.3 Å². The normalized spacial score (nSPS) is 23.9. The summed E-state index contributed by atoms with van der Waals surface area (Å²) in [5.41, 5.74) is 0. The van der Waals surface area contributed by atoms with Gasteiger partial charge in [0.15, 0.2) is 0 Å². The van der Waals surface area contributed by atoms with E-state index in [1.807, 2.05) is 25.1 Å². The molecule has 2 rings (SSSR count). The van der Waals surface area contributed by atoms with Crippen molar-refractivity contribution in [3.05, 3.63) is 16.1 Å². The number of aromatic nitrogens is 1. The fourth-order valence-electron chi connectivity index (χ4n) is 2.46. The van der Waals surface area contributed by atoms with Crippen molar-refractivity contribution in [3.63, 3.8) is 0 Å². The van der Waals surface area contributed by atoms with E-state index < -0.39 is 0 Å².